The van der Waals surface area contributed by atoms with Crippen molar-refractivity contribution in [3.8, 4) is 11.5 Å². The molecular formula is C17H24N2O2. The van der Waals surface area contributed by atoms with Gasteiger partial charge in [0.25, 0.3) is 0 Å². The van der Waals surface area contributed by atoms with Gasteiger partial charge in [0, 0.05) is 25.2 Å². The molecule has 2 aliphatic heterocycles. The monoisotopic (exact) mass is 288 g/mol. The van der Waals surface area contributed by atoms with E-state index in [0.717, 1.165) is 47.8 Å². The molecule has 1 aromatic carbocycles. The van der Waals surface area contributed by atoms with Gasteiger partial charge in [-0.3, -0.25) is 0 Å². The Morgan fingerprint density at radius 2 is 1.67 bits per heavy atom. The summed E-state index contributed by atoms with van der Waals surface area (Å²) in [5, 5.41) is 0. The predicted octanol–water partition coefficient (Wildman–Crippen LogP) is 3.06. The third-order valence-corrected chi connectivity index (χ3v) is 5.32. The van der Waals surface area contributed by atoms with Crippen LogP contribution in [0.5, 0.6) is 11.5 Å². The van der Waals surface area contributed by atoms with Gasteiger partial charge in [0.2, 0.25) is 0 Å². The third-order valence-electron chi connectivity index (χ3n) is 5.32. The molecule has 4 rings (SSSR count). The van der Waals surface area contributed by atoms with Crippen LogP contribution in [0.25, 0.3) is 0 Å². The maximum Gasteiger partial charge on any atom is 0.163 e. The molecule has 114 valence electrons. The van der Waals surface area contributed by atoms with Crippen LogP contribution < -0.4 is 20.1 Å². The first-order valence-electron chi connectivity index (χ1n) is 8.25. The van der Waals surface area contributed by atoms with Crippen molar-refractivity contribution in [2.45, 2.75) is 32.1 Å². The second-order valence-electron chi connectivity index (χ2n) is 6.59. The summed E-state index contributed by atoms with van der Waals surface area (Å²) in [7, 11) is 0. The van der Waals surface area contributed by atoms with Gasteiger partial charge in [0.1, 0.15) is 13.2 Å². The van der Waals surface area contributed by atoms with Crippen LogP contribution >= 0.6 is 0 Å². The number of piperidine rings is 1. The number of rotatable bonds is 1. The molecular weight excluding hydrogens is 264 g/mol. The van der Waals surface area contributed by atoms with E-state index in [9.17, 15) is 0 Å². The van der Waals surface area contributed by atoms with Crippen molar-refractivity contribution >= 4 is 11.4 Å². The fourth-order valence-electron chi connectivity index (χ4n) is 4.19. The average molecular weight is 288 g/mol. The number of hydrogen-bond donors (Lipinski definition) is 1. The lowest BCUT2D eigenvalue weighted by molar-refractivity contribution is 0.171. The Bertz CT molecular complexity index is 532. The highest BCUT2D eigenvalue weighted by Crippen LogP contribution is 2.42. The first-order chi connectivity index (χ1) is 10.3. The van der Waals surface area contributed by atoms with Gasteiger partial charge in [0.05, 0.1) is 11.4 Å². The number of nitrogen functional groups attached to an aromatic ring is 1. The van der Waals surface area contributed by atoms with Gasteiger partial charge in [-0.1, -0.05) is 19.3 Å². The zero-order valence-electron chi connectivity index (χ0n) is 12.5. The number of anilines is 2. The fourth-order valence-corrected chi connectivity index (χ4v) is 4.19. The number of nitrogens with two attached hydrogens (primary N) is 1. The molecule has 0 bridgehead atoms. The van der Waals surface area contributed by atoms with E-state index in [4.69, 9.17) is 15.2 Å². The second-order valence-corrected chi connectivity index (χ2v) is 6.59. The highest BCUT2D eigenvalue weighted by Gasteiger charge is 2.32. The van der Waals surface area contributed by atoms with E-state index in [1.165, 1.54) is 32.1 Å². The zero-order chi connectivity index (χ0) is 14.2. The summed E-state index contributed by atoms with van der Waals surface area (Å²) in [6.07, 6.45) is 6.93. The first kappa shape index (κ1) is 13.1. The summed E-state index contributed by atoms with van der Waals surface area (Å²) < 4.78 is 11.3. The summed E-state index contributed by atoms with van der Waals surface area (Å²) in [5.74, 6) is 3.42. The van der Waals surface area contributed by atoms with Crippen molar-refractivity contribution in [1.82, 2.24) is 0 Å². The zero-order valence-corrected chi connectivity index (χ0v) is 12.5. The molecule has 3 aliphatic rings. The number of hydrogen-bond acceptors (Lipinski definition) is 4. The highest BCUT2D eigenvalue weighted by atomic mass is 16.6. The minimum atomic E-state index is 0.610. The van der Waals surface area contributed by atoms with E-state index in [1.807, 2.05) is 6.07 Å². The quantitative estimate of drug-likeness (QED) is 0.807. The molecule has 1 saturated carbocycles. The summed E-state index contributed by atoms with van der Waals surface area (Å²) in [5.41, 5.74) is 8.21. The van der Waals surface area contributed by atoms with E-state index >= 15 is 0 Å². The molecule has 0 spiro atoms. The molecule has 1 aromatic rings. The molecule has 2 N–H and O–H groups in total. The van der Waals surface area contributed by atoms with Gasteiger partial charge in [-0.15, -0.1) is 0 Å². The molecule has 21 heavy (non-hydrogen) atoms. The molecule has 0 amide bonds. The van der Waals surface area contributed by atoms with Crippen molar-refractivity contribution in [2.75, 3.05) is 36.9 Å². The van der Waals surface area contributed by atoms with Crippen LogP contribution in [0.15, 0.2) is 12.1 Å². The maximum absolute atomic E-state index is 6.27. The first-order valence-corrected chi connectivity index (χ1v) is 8.25. The van der Waals surface area contributed by atoms with Gasteiger partial charge in [-0.2, -0.15) is 0 Å². The molecule has 4 heteroatoms. The van der Waals surface area contributed by atoms with E-state index in [1.54, 1.807) is 0 Å². The lowest BCUT2D eigenvalue weighted by Crippen LogP contribution is -2.42. The van der Waals surface area contributed by atoms with Crippen molar-refractivity contribution in [2.24, 2.45) is 11.8 Å². The predicted molar refractivity (Wildman–Crippen MR) is 84.1 cm³/mol. The minimum absolute atomic E-state index is 0.610. The largest absolute Gasteiger partial charge is 0.486 e. The second kappa shape index (κ2) is 5.32. The lowest BCUT2D eigenvalue weighted by atomic mass is 9.75. The standard InChI is InChI=1S/C17H24N2O2/c18-14-9-16-17(21-8-7-20-16)10-15(14)19-6-5-12-3-1-2-4-13(12)11-19/h9-10,12-13H,1-8,11,18H2. The molecule has 2 fully saturated rings. The summed E-state index contributed by atoms with van der Waals surface area (Å²) >= 11 is 0. The van der Waals surface area contributed by atoms with Gasteiger partial charge in [-0.05, 0) is 24.7 Å². The Labute approximate surface area is 126 Å². The van der Waals surface area contributed by atoms with Crippen molar-refractivity contribution in [1.29, 1.82) is 0 Å². The molecule has 0 radical (unpaired) electrons. The van der Waals surface area contributed by atoms with E-state index in [2.05, 4.69) is 11.0 Å². The molecule has 0 aromatic heterocycles. The Morgan fingerprint density at radius 1 is 0.952 bits per heavy atom. The van der Waals surface area contributed by atoms with E-state index in [0.29, 0.717) is 13.2 Å². The van der Waals surface area contributed by atoms with Crippen LogP contribution in [0.2, 0.25) is 0 Å². The molecule has 2 heterocycles. The van der Waals surface area contributed by atoms with Crippen LogP contribution in [0, 0.1) is 11.8 Å². The van der Waals surface area contributed by atoms with Crippen LogP contribution in [-0.2, 0) is 0 Å². The van der Waals surface area contributed by atoms with E-state index < -0.39 is 0 Å². The summed E-state index contributed by atoms with van der Waals surface area (Å²) in [6, 6.07) is 4.00. The van der Waals surface area contributed by atoms with Gasteiger partial charge in [-0.25, -0.2) is 0 Å². The minimum Gasteiger partial charge on any atom is -0.486 e. The van der Waals surface area contributed by atoms with Crippen molar-refractivity contribution in [3.05, 3.63) is 12.1 Å². The fraction of sp³-hybridized carbons (Fsp3) is 0.647. The lowest BCUT2D eigenvalue weighted by Gasteiger charge is -2.42. The van der Waals surface area contributed by atoms with Crippen molar-refractivity contribution in [3.63, 3.8) is 0 Å². The van der Waals surface area contributed by atoms with Crippen LogP contribution in [0.4, 0.5) is 11.4 Å². The Hall–Kier alpha value is -1.58. The number of benzene rings is 1. The smallest absolute Gasteiger partial charge is 0.163 e. The molecule has 1 saturated heterocycles. The SMILES string of the molecule is Nc1cc2c(cc1N1CCC3CCCCC3C1)OCCO2. The maximum atomic E-state index is 6.27. The van der Waals surface area contributed by atoms with Crippen LogP contribution in [0.1, 0.15) is 32.1 Å². The number of nitrogens with zero attached hydrogens (tertiary/aromatic N) is 1. The van der Waals surface area contributed by atoms with E-state index in [-0.39, 0.29) is 0 Å². The Balaban J connectivity index is 1.58. The molecule has 2 atom stereocenters. The molecule has 1 aliphatic carbocycles. The highest BCUT2D eigenvalue weighted by molar-refractivity contribution is 5.73. The Morgan fingerprint density at radius 3 is 2.48 bits per heavy atom. The molecule has 4 nitrogen and oxygen atoms in total. The van der Waals surface area contributed by atoms with Gasteiger partial charge < -0.3 is 20.1 Å². The third kappa shape index (κ3) is 2.41. The molecule has 2 unspecified atom stereocenters. The number of ether oxygens (including phenoxy) is 2. The summed E-state index contributed by atoms with van der Waals surface area (Å²) in [6.45, 7) is 3.50. The van der Waals surface area contributed by atoms with Crippen LogP contribution in [0.3, 0.4) is 0 Å². The summed E-state index contributed by atoms with van der Waals surface area (Å²) in [4.78, 5) is 2.46. The van der Waals surface area contributed by atoms with Gasteiger partial charge in [0.15, 0.2) is 11.5 Å². The van der Waals surface area contributed by atoms with Crippen molar-refractivity contribution < 1.29 is 9.47 Å². The Kier molecular flexibility index (Phi) is 3.32. The van der Waals surface area contributed by atoms with Crippen LogP contribution in [-0.4, -0.2) is 26.3 Å². The normalized spacial score (nSPS) is 28.1. The number of fused-ring (bicyclic) bond motifs is 2. The van der Waals surface area contributed by atoms with Gasteiger partial charge >= 0.3 is 0 Å². The topological polar surface area (TPSA) is 47.7 Å². The average Bonchev–Trinajstić information content (AvgIpc) is 2.54.